The highest BCUT2D eigenvalue weighted by Gasteiger charge is 2.39. The van der Waals surface area contributed by atoms with Crippen LogP contribution in [0.1, 0.15) is 23.7 Å². The molecule has 5 rings (SSSR count). The highest BCUT2D eigenvalue weighted by atomic mass is 35.5. The van der Waals surface area contributed by atoms with E-state index < -0.39 is 15.4 Å². The summed E-state index contributed by atoms with van der Waals surface area (Å²) in [5.41, 5.74) is 2.32. The average molecular weight is 498 g/mol. The first kappa shape index (κ1) is 22.6. The Balaban J connectivity index is 1.61. The smallest absolute Gasteiger partial charge is 0.251 e. The van der Waals surface area contributed by atoms with Gasteiger partial charge in [-0.1, -0.05) is 23.7 Å². The molecule has 1 amide bonds. The van der Waals surface area contributed by atoms with Gasteiger partial charge in [-0.05, 0) is 67.9 Å². The zero-order chi connectivity index (χ0) is 24.1. The molecule has 174 valence electrons. The van der Waals surface area contributed by atoms with Crippen LogP contribution in [-0.4, -0.2) is 41.2 Å². The average Bonchev–Trinajstić information content (AvgIpc) is 3.30. The Hall–Kier alpha value is -3.23. The molecule has 0 radical (unpaired) electrons. The fourth-order valence-corrected chi connectivity index (χ4v) is 6.62. The van der Waals surface area contributed by atoms with Gasteiger partial charge < -0.3 is 5.32 Å². The Kier molecular flexibility index (Phi) is 5.45. The molecule has 1 fully saturated rings. The number of benzene rings is 3. The van der Waals surface area contributed by atoms with Crippen molar-refractivity contribution in [2.24, 2.45) is 0 Å². The van der Waals surface area contributed by atoms with Crippen LogP contribution in [-0.2, 0) is 9.84 Å². The van der Waals surface area contributed by atoms with Crippen molar-refractivity contribution in [1.29, 1.82) is 0 Å². The van der Waals surface area contributed by atoms with Gasteiger partial charge >= 0.3 is 0 Å². The molecule has 3 aromatic carbocycles. The number of halogens is 2. The second-order valence-corrected chi connectivity index (χ2v) is 11.5. The molecular formula is C25H21ClFN3O3S. The lowest BCUT2D eigenvalue weighted by Crippen LogP contribution is -2.46. The Morgan fingerprint density at radius 3 is 2.56 bits per heavy atom. The minimum atomic E-state index is -3.16. The molecule has 1 atom stereocenters. The third-order valence-corrected chi connectivity index (χ3v) is 8.17. The van der Waals surface area contributed by atoms with Gasteiger partial charge in [-0.15, -0.1) is 0 Å². The number of aromatic nitrogens is 2. The van der Waals surface area contributed by atoms with E-state index in [0.29, 0.717) is 33.9 Å². The van der Waals surface area contributed by atoms with Gasteiger partial charge in [0.1, 0.15) is 11.5 Å². The van der Waals surface area contributed by atoms with Gasteiger partial charge in [0.05, 0.1) is 28.2 Å². The number of hydrogen-bond donors (Lipinski definition) is 1. The van der Waals surface area contributed by atoms with Crippen molar-refractivity contribution in [2.75, 3.05) is 11.5 Å². The van der Waals surface area contributed by atoms with Gasteiger partial charge in [0.2, 0.25) is 0 Å². The number of carbonyl (C=O) groups excluding carboxylic acids is 1. The van der Waals surface area contributed by atoms with Crippen molar-refractivity contribution in [1.82, 2.24) is 15.1 Å². The van der Waals surface area contributed by atoms with E-state index in [1.54, 1.807) is 54.1 Å². The first-order chi connectivity index (χ1) is 16.1. The van der Waals surface area contributed by atoms with Crippen molar-refractivity contribution in [3.05, 3.63) is 83.1 Å². The lowest BCUT2D eigenvalue weighted by molar-refractivity contribution is 0.0915. The number of fused-ring (bicyclic) bond motifs is 1. The van der Waals surface area contributed by atoms with Crippen LogP contribution in [0.2, 0.25) is 5.02 Å². The van der Waals surface area contributed by atoms with Crippen LogP contribution >= 0.6 is 11.6 Å². The van der Waals surface area contributed by atoms with E-state index >= 15 is 0 Å². The van der Waals surface area contributed by atoms with E-state index in [1.165, 1.54) is 12.1 Å². The molecule has 0 spiro atoms. The van der Waals surface area contributed by atoms with Crippen LogP contribution < -0.4 is 5.32 Å². The van der Waals surface area contributed by atoms with Gasteiger partial charge in [-0.3, -0.25) is 4.79 Å². The number of nitrogens with one attached hydrogen (secondary N) is 1. The Morgan fingerprint density at radius 1 is 1.12 bits per heavy atom. The van der Waals surface area contributed by atoms with E-state index in [9.17, 15) is 17.6 Å². The number of amides is 1. The minimum absolute atomic E-state index is 0.0587. The van der Waals surface area contributed by atoms with Crippen molar-refractivity contribution in [3.63, 3.8) is 0 Å². The Labute approximate surface area is 201 Å². The maximum atomic E-state index is 13.5. The molecule has 4 aromatic rings. The fraction of sp³-hybridized carbons (Fsp3) is 0.200. The predicted octanol–water partition coefficient (Wildman–Crippen LogP) is 4.79. The fourth-order valence-electron chi connectivity index (χ4n) is 4.34. The van der Waals surface area contributed by atoms with E-state index in [4.69, 9.17) is 16.7 Å². The van der Waals surface area contributed by atoms with Gasteiger partial charge in [-0.2, -0.15) is 5.10 Å². The number of sulfone groups is 1. The molecule has 0 unspecified atom stereocenters. The van der Waals surface area contributed by atoms with Crippen molar-refractivity contribution < 1.29 is 17.6 Å². The predicted molar refractivity (Wildman–Crippen MR) is 131 cm³/mol. The molecule has 34 heavy (non-hydrogen) atoms. The Morgan fingerprint density at radius 2 is 1.88 bits per heavy atom. The second-order valence-electron chi connectivity index (χ2n) is 8.84. The lowest BCUT2D eigenvalue weighted by atomic mass is 10.0. The van der Waals surface area contributed by atoms with Crippen molar-refractivity contribution in [3.8, 4) is 16.9 Å². The van der Waals surface area contributed by atoms with E-state index in [1.807, 2.05) is 12.1 Å². The quantitative estimate of drug-likeness (QED) is 0.439. The summed E-state index contributed by atoms with van der Waals surface area (Å²) in [5, 5.41) is 9.01. The summed E-state index contributed by atoms with van der Waals surface area (Å²) in [6, 6.07) is 18.4. The lowest BCUT2D eigenvalue weighted by Gasteiger charge is -2.23. The van der Waals surface area contributed by atoms with Crippen LogP contribution in [0.5, 0.6) is 0 Å². The van der Waals surface area contributed by atoms with Crippen LogP contribution in [0.3, 0.4) is 0 Å². The molecule has 1 saturated heterocycles. The molecule has 1 aromatic heterocycles. The summed E-state index contributed by atoms with van der Waals surface area (Å²) >= 11 is 6.20. The Bertz CT molecular complexity index is 1530. The number of carbonyl (C=O) groups is 1. The largest absolute Gasteiger partial charge is 0.346 e. The van der Waals surface area contributed by atoms with Crippen molar-refractivity contribution >= 4 is 38.2 Å². The number of hydrogen-bond acceptors (Lipinski definition) is 4. The summed E-state index contributed by atoms with van der Waals surface area (Å²) in [6.07, 6.45) is 0.371. The van der Waals surface area contributed by atoms with Crippen molar-refractivity contribution in [2.45, 2.75) is 18.9 Å². The molecule has 0 bridgehead atoms. The maximum absolute atomic E-state index is 13.5. The van der Waals surface area contributed by atoms with Crippen LogP contribution in [0.4, 0.5) is 4.39 Å². The SMILES string of the molecule is C[C@@]1(NC(=O)c2ccc3c(-c4cccc(Cl)c4)nn(-c4ccc(F)cc4)c3c2)CCS(=O)(=O)C1. The van der Waals surface area contributed by atoms with E-state index in [0.717, 1.165) is 10.9 Å². The van der Waals surface area contributed by atoms with Crippen LogP contribution in [0, 0.1) is 5.82 Å². The molecule has 6 nitrogen and oxygen atoms in total. The van der Waals surface area contributed by atoms with Crippen LogP contribution in [0.15, 0.2) is 66.7 Å². The molecule has 9 heteroatoms. The van der Waals surface area contributed by atoms with Crippen LogP contribution in [0.25, 0.3) is 27.8 Å². The second kappa shape index (κ2) is 8.21. The summed E-state index contributed by atoms with van der Waals surface area (Å²) < 4.78 is 39.1. The maximum Gasteiger partial charge on any atom is 0.251 e. The summed E-state index contributed by atoms with van der Waals surface area (Å²) in [7, 11) is -3.16. The molecule has 1 aliphatic rings. The first-order valence-corrected chi connectivity index (χ1v) is 12.9. The highest BCUT2D eigenvalue weighted by Crippen LogP contribution is 2.32. The zero-order valence-corrected chi connectivity index (χ0v) is 19.8. The van der Waals surface area contributed by atoms with Gasteiger partial charge in [0.25, 0.3) is 5.91 Å². The minimum Gasteiger partial charge on any atom is -0.346 e. The number of rotatable bonds is 4. The first-order valence-electron chi connectivity index (χ1n) is 10.7. The van der Waals surface area contributed by atoms with Gasteiger partial charge in [0, 0.05) is 21.5 Å². The summed E-state index contributed by atoms with van der Waals surface area (Å²) in [5.74, 6) is -0.753. The van der Waals surface area contributed by atoms with E-state index in [2.05, 4.69) is 5.32 Å². The topological polar surface area (TPSA) is 81.1 Å². The molecule has 0 saturated carbocycles. The highest BCUT2D eigenvalue weighted by molar-refractivity contribution is 7.91. The summed E-state index contributed by atoms with van der Waals surface area (Å²) in [4.78, 5) is 13.1. The molecule has 2 heterocycles. The molecular weight excluding hydrogens is 477 g/mol. The molecule has 1 aliphatic heterocycles. The number of nitrogens with zero attached hydrogens (tertiary/aromatic N) is 2. The molecule has 1 N–H and O–H groups in total. The summed E-state index contributed by atoms with van der Waals surface area (Å²) in [6.45, 7) is 1.74. The third-order valence-electron chi connectivity index (χ3n) is 6.03. The van der Waals surface area contributed by atoms with E-state index in [-0.39, 0.29) is 23.2 Å². The zero-order valence-electron chi connectivity index (χ0n) is 18.3. The molecule has 0 aliphatic carbocycles. The van der Waals surface area contributed by atoms with Gasteiger partial charge in [0.15, 0.2) is 9.84 Å². The van der Waals surface area contributed by atoms with Gasteiger partial charge in [-0.25, -0.2) is 17.5 Å². The standard InChI is InChI=1S/C25H21ClFN3O3S/c1-25(11-12-34(32,33)15-25)28-24(31)17-5-10-21-22(14-17)30(20-8-6-19(27)7-9-20)29-23(21)16-3-2-4-18(26)13-16/h2-10,13-14H,11-12,15H2,1H3,(H,28,31)/t25-/m1/s1. The normalized spacial score (nSPS) is 19.4. The third kappa shape index (κ3) is 4.31. The monoisotopic (exact) mass is 497 g/mol.